The molecule has 0 spiro atoms. The second-order valence-electron chi connectivity index (χ2n) is 15.7. The normalized spacial score (nSPS) is 16.3. The molecule has 0 bridgehead atoms. The van der Waals surface area contributed by atoms with Gasteiger partial charge in [0.2, 0.25) is 41.4 Å². The van der Waals surface area contributed by atoms with E-state index in [0.717, 1.165) is 19.8 Å². The highest BCUT2D eigenvalue weighted by Gasteiger charge is 2.37. The standard InChI is InChI=1S/C38H59BrN11O13PS/c1-21(2)15-26(45-37(58)29-11-10-13-50(29)24(5)53)34(55)44-27(35(56)46-28(19-51)36(57)47-31(33(40)54)22(3)63-64(59,60)61)16-25-17-41-20-49(25)12-8-6-7-9-14-62-42-18-30-32(39)48-38(65-30)43-23(4)52/h17-18,20-22,26-29,31,51H,6-16,19H2,1-5H3,(H2,40,54)(H,44,55)(H,45,58)(H,46,56)(H,47,57)(H,43,48,52)(H2,59,60,61)/b42-18+/t22-,26+,27+,28+,29+,31+/m1/s1. The summed E-state index contributed by atoms with van der Waals surface area (Å²) in [5, 5.41) is 27.1. The maximum atomic E-state index is 14.0. The number of thiazole rings is 1. The molecular formula is C38H59BrN11O13PS. The van der Waals surface area contributed by atoms with Crippen molar-refractivity contribution in [2.75, 3.05) is 25.1 Å². The van der Waals surface area contributed by atoms with Crippen LogP contribution in [0.2, 0.25) is 0 Å². The molecule has 1 fully saturated rings. The van der Waals surface area contributed by atoms with E-state index >= 15 is 0 Å². The van der Waals surface area contributed by atoms with E-state index < -0.39 is 80.3 Å². The molecule has 3 rings (SSSR count). The highest BCUT2D eigenvalue weighted by Crippen LogP contribution is 2.38. The number of aliphatic hydroxyl groups excluding tert-OH is 1. The van der Waals surface area contributed by atoms with Crippen LogP contribution in [0.1, 0.15) is 90.1 Å². The number of halogens is 1. The smallest absolute Gasteiger partial charge is 0.396 e. The Morgan fingerprint density at radius 1 is 1.00 bits per heavy atom. The number of hydrogen-bond donors (Lipinski definition) is 9. The number of aryl methyl sites for hydroxylation is 1. The predicted molar refractivity (Wildman–Crippen MR) is 239 cm³/mol. The summed E-state index contributed by atoms with van der Waals surface area (Å²) in [6, 6.07) is -6.91. The van der Waals surface area contributed by atoms with Gasteiger partial charge in [0, 0.05) is 45.2 Å². The van der Waals surface area contributed by atoms with Crippen LogP contribution < -0.4 is 32.3 Å². The molecule has 0 unspecified atom stereocenters. The molecule has 1 aliphatic rings. The molecule has 10 N–H and O–H groups in total. The van der Waals surface area contributed by atoms with Crippen molar-refractivity contribution in [3.8, 4) is 0 Å². The minimum absolute atomic E-state index is 0.110. The number of rotatable bonds is 27. The molecule has 27 heteroatoms. The number of unbranched alkanes of at least 4 members (excludes halogenated alkanes) is 3. The van der Waals surface area contributed by atoms with E-state index in [1.807, 2.05) is 13.8 Å². The second-order valence-corrected chi connectivity index (χ2v) is 18.6. The van der Waals surface area contributed by atoms with Gasteiger partial charge < -0.3 is 61.5 Å². The molecule has 362 valence electrons. The molecule has 0 radical (unpaired) electrons. The Bertz CT molecular complexity index is 2050. The maximum absolute atomic E-state index is 14.0. The number of hydrogen-bond acceptors (Lipinski definition) is 15. The number of amides is 7. The number of oxime groups is 1. The number of phosphoric acid groups is 1. The minimum Gasteiger partial charge on any atom is -0.396 e. The monoisotopic (exact) mass is 1020 g/mol. The van der Waals surface area contributed by atoms with Crippen molar-refractivity contribution < 1.29 is 62.4 Å². The fourth-order valence-corrected chi connectivity index (χ4v) is 8.71. The Morgan fingerprint density at radius 2 is 1.66 bits per heavy atom. The Kier molecular flexibility index (Phi) is 22.1. The molecule has 24 nitrogen and oxygen atoms in total. The third kappa shape index (κ3) is 18.5. The molecule has 65 heavy (non-hydrogen) atoms. The zero-order valence-electron chi connectivity index (χ0n) is 36.7. The quantitative estimate of drug-likeness (QED) is 0.0250. The number of nitrogens with zero attached hydrogens (tertiary/aromatic N) is 5. The van der Waals surface area contributed by atoms with Gasteiger partial charge in [0.15, 0.2) is 5.13 Å². The molecule has 0 saturated carbocycles. The van der Waals surface area contributed by atoms with Crippen LogP contribution in [-0.2, 0) is 60.5 Å². The summed E-state index contributed by atoms with van der Waals surface area (Å²) in [6.45, 7) is 7.66. The van der Waals surface area contributed by atoms with Crippen molar-refractivity contribution in [3.63, 3.8) is 0 Å². The number of nitrogens with one attached hydrogen (secondary N) is 5. The van der Waals surface area contributed by atoms with E-state index in [9.17, 15) is 53.0 Å². The van der Waals surface area contributed by atoms with Gasteiger partial charge in [-0.25, -0.2) is 14.5 Å². The first-order chi connectivity index (χ1) is 30.6. The van der Waals surface area contributed by atoms with E-state index in [4.69, 9.17) is 10.6 Å². The van der Waals surface area contributed by atoms with Gasteiger partial charge in [-0.15, -0.1) is 0 Å². The molecule has 1 aliphatic heterocycles. The van der Waals surface area contributed by atoms with Crippen LogP contribution in [0.25, 0.3) is 0 Å². The molecular weight excluding hydrogens is 961 g/mol. The number of aliphatic hydroxyl groups is 1. The number of anilines is 1. The molecule has 6 atom stereocenters. The number of phosphoric ester groups is 1. The van der Waals surface area contributed by atoms with Crippen LogP contribution in [0.5, 0.6) is 0 Å². The van der Waals surface area contributed by atoms with Crippen molar-refractivity contribution in [2.24, 2.45) is 16.8 Å². The van der Waals surface area contributed by atoms with Crippen molar-refractivity contribution >= 4 is 87.8 Å². The number of imidazole rings is 1. The Morgan fingerprint density at radius 3 is 2.29 bits per heavy atom. The fourth-order valence-electron chi connectivity index (χ4n) is 6.75. The van der Waals surface area contributed by atoms with Crippen molar-refractivity contribution in [2.45, 2.75) is 129 Å². The summed E-state index contributed by atoms with van der Waals surface area (Å²) in [4.78, 5) is 125. The zero-order valence-corrected chi connectivity index (χ0v) is 40.0. The van der Waals surface area contributed by atoms with Crippen molar-refractivity contribution in [1.29, 1.82) is 0 Å². The van der Waals surface area contributed by atoms with Crippen LogP contribution in [0, 0.1) is 5.92 Å². The Balaban J connectivity index is 1.73. The summed E-state index contributed by atoms with van der Waals surface area (Å²) < 4.78 is 18.2. The lowest BCUT2D eigenvalue weighted by Crippen LogP contribution is -2.61. The topological polar surface area (TPSA) is 348 Å². The molecule has 2 aromatic rings. The van der Waals surface area contributed by atoms with Crippen LogP contribution in [-0.4, -0.2) is 138 Å². The van der Waals surface area contributed by atoms with Crippen molar-refractivity contribution in [1.82, 2.24) is 40.7 Å². The number of carbonyl (C=O) groups excluding carboxylic acids is 7. The van der Waals surface area contributed by atoms with Crippen LogP contribution in [0.15, 0.2) is 22.3 Å². The van der Waals surface area contributed by atoms with Gasteiger partial charge in [-0.3, -0.25) is 38.1 Å². The van der Waals surface area contributed by atoms with Crippen LogP contribution in [0.4, 0.5) is 5.13 Å². The Labute approximate surface area is 388 Å². The lowest BCUT2D eigenvalue weighted by Gasteiger charge is -2.28. The number of aromatic nitrogens is 3. The van der Waals surface area contributed by atoms with E-state index in [-0.39, 0.29) is 30.6 Å². The van der Waals surface area contributed by atoms with E-state index in [1.165, 1.54) is 42.5 Å². The minimum atomic E-state index is -5.13. The lowest BCUT2D eigenvalue weighted by molar-refractivity contribution is -0.139. The molecule has 0 aliphatic carbocycles. The number of nitrogens with two attached hydrogens (primary N) is 1. The maximum Gasteiger partial charge on any atom is 0.469 e. The highest BCUT2D eigenvalue weighted by molar-refractivity contribution is 9.10. The van der Waals surface area contributed by atoms with Gasteiger partial charge in [-0.05, 0) is 67.3 Å². The van der Waals surface area contributed by atoms with Gasteiger partial charge in [-0.2, -0.15) is 0 Å². The first kappa shape index (κ1) is 54.5. The highest BCUT2D eigenvalue weighted by atomic mass is 79.9. The third-order valence-electron chi connectivity index (χ3n) is 9.86. The van der Waals surface area contributed by atoms with Crippen LogP contribution >= 0.6 is 35.1 Å². The summed E-state index contributed by atoms with van der Waals surface area (Å²) in [6.07, 6.45) is 6.86. The summed E-state index contributed by atoms with van der Waals surface area (Å²) >= 11 is 4.55. The van der Waals surface area contributed by atoms with Gasteiger partial charge in [-0.1, -0.05) is 36.8 Å². The average Bonchev–Trinajstić information content (AvgIpc) is 3.96. The number of likely N-dealkylation sites (tertiary alicyclic amines) is 1. The number of carbonyl (C=O) groups is 7. The fraction of sp³-hybridized carbons (Fsp3) is 0.632. The summed E-state index contributed by atoms with van der Waals surface area (Å²) in [5.41, 5.74) is 5.85. The van der Waals surface area contributed by atoms with E-state index in [0.29, 0.717) is 65.7 Å². The van der Waals surface area contributed by atoms with Crippen LogP contribution in [0.3, 0.4) is 0 Å². The largest absolute Gasteiger partial charge is 0.469 e. The van der Waals surface area contributed by atoms with Gasteiger partial charge >= 0.3 is 7.82 Å². The Hall–Kier alpha value is -4.85. The summed E-state index contributed by atoms with van der Waals surface area (Å²) in [5.74, 6) is -5.27. The first-order valence-electron chi connectivity index (χ1n) is 20.8. The van der Waals surface area contributed by atoms with Gasteiger partial charge in [0.1, 0.15) is 41.4 Å². The lowest BCUT2D eigenvalue weighted by atomic mass is 10.0. The van der Waals surface area contributed by atoms with E-state index in [1.54, 1.807) is 10.9 Å². The number of primary amides is 1. The molecule has 2 aromatic heterocycles. The molecule has 7 amide bonds. The van der Waals surface area contributed by atoms with Gasteiger partial charge in [0.25, 0.3) is 0 Å². The van der Waals surface area contributed by atoms with E-state index in [2.05, 4.69) is 62.2 Å². The summed E-state index contributed by atoms with van der Waals surface area (Å²) in [7, 11) is -5.13. The molecule has 0 aromatic carbocycles. The van der Waals surface area contributed by atoms with Gasteiger partial charge in [0.05, 0.1) is 30.1 Å². The average molecular weight is 1020 g/mol. The second kappa shape index (κ2) is 26.3. The first-order valence-corrected chi connectivity index (χ1v) is 23.9. The SMILES string of the molecule is CC(=O)Nc1nc(Br)c(/C=N/OCCCCCCn2cncc2C[C@H](NC(=O)[C@H](CC(C)C)NC(=O)[C@@H]2CCCN2C(C)=O)C(=O)N[C@@H](CO)C(=O)N[C@H](C(N)=O)[C@@H](C)OP(=O)(O)O)s1. The van der Waals surface area contributed by atoms with Crippen molar-refractivity contribution in [3.05, 3.63) is 27.7 Å². The predicted octanol–water partition coefficient (Wildman–Crippen LogP) is 0.186. The molecule has 3 heterocycles. The third-order valence-corrected chi connectivity index (χ3v) is 12.2. The molecule has 1 saturated heterocycles. The zero-order chi connectivity index (χ0) is 48.4.